The van der Waals surface area contributed by atoms with E-state index in [9.17, 15) is 9.59 Å². The van der Waals surface area contributed by atoms with Crippen molar-refractivity contribution in [3.63, 3.8) is 0 Å². The number of rotatable bonds is 5. The minimum atomic E-state index is -0.212. The zero-order valence-corrected chi connectivity index (χ0v) is 16.0. The van der Waals surface area contributed by atoms with Gasteiger partial charge < -0.3 is 10.1 Å². The Morgan fingerprint density at radius 2 is 1.88 bits per heavy atom. The van der Waals surface area contributed by atoms with Crippen LogP contribution in [0.1, 0.15) is 51.0 Å². The highest BCUT2D eigenvalue weighted by molar-refractivity contribution is 6.31. The zero-order valence-electron chi connectivity index (χ0n) is 15.2. The molecule has 0 aliphatic heterocycles. The van der Waals surface area contributed by atoms with Crippen molar-refractivity contribution in [1.82, 2.24) is 5.32 Å². The van der Waals surface area contributed by atoms with Crippen LogP contribution in [0.2, 0.25) is 5.02 Å². The summed E-state index contributed by atoms with van der Waals surface area (Å²) in [7, 11) is 1.52. The van der Waals surface area contributed by atoms with Gasteiger partial charge >= 0.3 is 0 Å². The first-order chi connectivity index (χ1) is 11.9. The molecule has 1 aromatic rings. The fraction of sp³-hybridized carbons (Fsp3) is 0.579. The van der Waals surface area contributed by atoms with Gasteiger partial charge in [0.15, 0.2) is 0 Å². The molecule has 138 valence electrons. The highest BCUT2D eigenvalue weighted by Crippen LogP contribution is 2.33. The molecule has 1 saturated carbocycles. The Bertz CT molecular complexity index is 625. The normalized spacial score (nSPS) is 15.4. The second kappa shape index (κ2) is 9.09. The van der Waals surface area contributed by atoms with Gasteiger partial charge in [0.2, 0.25) is 11.8 Å². The van der Waals surface area contributed by atoms with Crippen LogP contribution in [0.5, 0.6) is 5.75 Å². The number of anilines is 1. The van der Waals surface area contributed by atoms with Gasteiger partial charge in [-0.1, -0.05) is 37.3 Å². The van der Waals surface area contributed by atoms with E-state index in [1.165, 1.54) is 31.8 Å². The van der Waals surface area contributed by atoms with Crippen LogP contribution in [0.3, 0.4) is 0 Å². The van der Waals surface area contributed by atoms with Gasteiger partial charge in [-0.3, -0.25) is 14.5 Å². The van der Waals surface area contributed by atoms with Gasteiger partial charge in [-0.05, 0) is 31.4 Å². The lowest BCUT2D eigenvalue weighted by Crippen LogP contribution is -2.43. The standard InChI is InChI=1S/C19H27ClN2O3/c1-13-10-17(18(25-3)11-16(13)20)22(14(2)23)12-19(24)21-15-8-6-4-5-7-9-15/h10-11,15H,4-9,12H2,1-3H3,(H,21,24). The maximum atomic E-state index is 12.5. The predicted molar refractivity (Wildman–Crippen MR) is 100 cm³/mol. The Labute approximate surface area is 154 Å². The fourth-order valence-electron chi connectivity index (χ4n) is 3.23. The van der Waals surface area contributed by atoms with Crippen molar-refractivity contribution < 1.29 is 14.3 Å². The van der Waals surface area contributed by atoms with Crippen LogP contribution in [-0.4, -0.2) is 31.5 Å². The topological polar surface area (TPSA) is 58.6 Å². The van der Waals surface area contributed by atoms with Gasteiger partial charge in [0.05, 0.1) is 12.8 Å². The van der Waals surface area contributed by atoms with Crippen molar-refractivity contribution in [3.05, 3.63) is 22.7 Å². The summed E-state index contributed by atoms with van der Waals surface area (Å²) >= 11 is 6.14. The van der Waals surface area contributed by atoms with E-state index in [0.717, 1.165) is 31.2 Å². The molecule has 0 aromatic heterocycles. The molecule has 0 unspecified atom stereocenters. The van der Waals surface area contributed by atoms with Crippen molar-refractivity contribution in [2.75, 3.05) is 18.6 Å². The third-order valence-corrected chi connectivity index (χ3v) is 5.06. The number of aryl methyl sites for hydroxylation is 1. The van der Waals surface area contributed by atoms with Gasteiger partial charge in [-0.15, -0.1) is 0 Å². The molecule has 0 saturated heterocycles. The van der Waals surface area contributed by atoms with Gasteiger partial charge in [-0.2, -0.15) is 0 Å². The molecular formula is C19H27ClN2O3. The SMILES string of the molecule is COc1cc(Cl)c(C)cc1N(CC(=O)NC1CCCCCC1)C(C)=O. The van der Waals surface area contributed by atoms with E-state index < -0.39 is 0 Å². The smallest absolute Gasteiger partial charge is 0.240 e. The summed E-state index contributed by atoms with van der Waals surface area (Å²) in [5, 5.41) is 3.64. The Kier molecular flexibility index (Phi) is 7.12. The average molecular weight is 367 g/mol. The van der Waals surface area contributed by atoms with Gasteiger partial charge in [0.25, 0.3) is 0 Å². The van der Waals surface area contributed by atoms with Gasteiger partial charge in [0.1, 0.15) is 12.3 Å². The molecule has 0 bridgehead atoms. The van der Waals surface area contributed by atoms with Crippen LogP contribution >= 0.6 is 11.6 Å². The molecule has 1 N–H and O–H groups in total. The number of hydrogen-bond acceptors (Lipinski definition) is 3. The summed E-state index contributed by atoms with van der Waals surface area (Å²) in [5.74, 6) is 0.126. The van der Waals surface area contributed by atoms with E-state index in [1.54, 1.807) is 12.1 Å². The summed E-state index contributed by atoms with van der Waals surface area (Å²) < 4.78 is 5.35. The lowest BCUT2D eigenvalue weighted by molar-refractivity contribution is -0.123. The Balaban J connectivity index is 2.14. The third kappa shape index (κ3) is 5.36. The van der Waals surface area contributed by atoms with E-state index in [4.69, 9.17) is 16.3 Å². The number of carbonyl (C=O) groups is 2. The molecular weight excluding hydrogens is 340 g/mol. The first-order valence-electron chi connectivity index (χ1n) is 8.84. The second-order valence-electron chi connectivity index (χ2n) is 6.63. The van der Waals surface area contributed by atoms with E-state index >= 15 is 0 Å². The summed E-state index contributed by atoms with van der Waals surface area (Å²) in [4.78, 5) is 26.1. The second-order valence-corrected chi connectivity index (χ2v) is 7.04. The summed E-state index contributed by atoms with van der Waals surface area (Å²) in [6, 6.07) is 3.66. The van der Waals surface area contributed by atoms with Crippen LogP contribution in [0.15, 0.2) is 12.1 Å². The van der Waals surface area contributed by atoms with Gasteiger partial charge in [0, 0.05) is 24.1 Å². The molecule has 2 rings (SSSR count). The molecule has 0 radical (unpaired) electrons. The minimum absolute atomic E-state index is 0.0245. The number of nitrogens with one attached hydrogen (secondary N) is 1. The number of hydrogen-bond donors (Lipinski definition) is 1. The van der Waals surface area contributed by atoms with Gasteiger partial charge in [-0.25, -0.2) is 0 Å². The zero-order chi connectivity index (χ0) is 18.4. The third-order valence-electron chi connectivity index (χ3n) is 4.65. The van der Waals surface area contributed by atoms with Crippen molar-refractivity contribution >= 4 is 29.1 Å². The number of benzene rings is 1. The minimum Gasteiger partial charge on any atom is -0.495 e. The van der Waals surface area contributed by atoms with Crippen LogP contribution in [0.25, 0.3) is 0 Å². The van der Waals surface area contributed by atoms with E-state index in [2.05, 4.69) is 5.32 Å². The largest absolute Gasteiger partial charge is 0.495 e. The first-order valence-corrected chi connectivity index (χ1v) is 9.21. The van der Waals surface area contributed by atoms with Crippen LogP contribution in [0, 0.1) is 6.92 Å². The van der Waals surface area contributed by atoms with Crippen molar-refractivity contribution in [3.8, 4) is 5.75 Å². The molecule has 1 aliphatic rings. The molecule has 0 atom stereocenters. The molecule has 0 spiro atoms. The first kappa shape index (κ1) is 19.6. The Morgan fingerprint density at radius 3 is 2.44 bits per heavy atom. The van der Waals surface area contributed by atoms with Crippen molar-refractivity contribution in [1.29, 1.82) is 0 Å². The summed E-state index contributed by atoms with van der Waals surface area (Å²) in [6.45, 7) is 3.28. The molecule has 5 nitrogen and oxygen atoms in total. The highest BCUT2D eigenvalue weighted by atomic mass is 35.5. The number of ether oxygens (including phenoxy) is 1. The fourth-order valence-corrected chi connectivity index (χ4v) is 3.38. The van der Waals surface area contributed by atoms with E-state index in [-0.39, 0.29) is 24.4 Å². The number of amides is 2. The average Bonchev–Trinajstić information content (AvgIpc) is 2.83. The number of methoxy groups -OCH3 is 1. The molecule has 25 heavy (non-hydrogen) atoms. The number of halogens is 1. The maximum absolute atomic E-state index is 12.5. The highest BCUT2D eigenvalue weighted by Gasteiger charge is 2.22. The quantitative estimate of drug-likeness (QED) is 0.805. The van der Waals surface area contributed by atoms with Crippen molar-refractivity contribution in [2.45, 2.75) is 58.4 Å². The Hall–Kier alpha value is -1.75. The molecule has 1 aliphatic carbocycles. The molecule has 1 fully saturated rings. The maximum Gasteiger partial charge on any atom is 0.240 e. The summed E-state index contributed by atoms with van der Waals surface area (Å²) in [5.41, 5.74) is 1.39. The predicted octanol–water partition coefficient (Wildman–Crippen LogP) is 3.85. The monoisotopic (exact) mass is 366 g/mol. The molecule has 6 heteroatoms. The molecule has 1 aromatic carbocycles. The van der Waals surface area contributed by atoms with Crippen LogP contribution < -0.4 is 15.0 Å². The molecule has 2 amide bonds. The number of carbonyl (C=O) groups excluding carboxylic acids is 2. The molecule has 0 heterocycles. The number of nitrogens with zero attached hydrogens (tertiary/aromatic N) is 1. The van der Waals surface area contributed by atoms with E-state index in [1.807, 2.05) is 6.92 Å². The Morgan fingerprint density at radius 1 is 1.24 bits per heavy atom. The lowest BCUT2D eigenvalue weighted by atomic mass is 10.1. The van der Waals surface area contributed by atoms with Crippen molar-refractivity contribution in [2.24, 2.45) is 0 Å². The lowest BCUT2D eigenvalue weighted by Gasteiger charge is -2.25. The van der Waals surface area contributed by atoms with Crippen LogP contribution in [-0.2, 0) is 9.59 Å². The van der Waals surface area contributed by atoms with E-state index in [0.29, 0.717) is 16.5 Å². The summed E-state index contributed by atoms with van der Waals surface area (Å²) in [6.07, 6.45) is 6.77. The van der Waals surface area contributed by atoms with Crippen LogP contribution in [0.4, 0.5) is 5.69 Å².